The van der Waals surface area contributed by atoms with Gasteiger partial charge in [-0.15, -0.1) is 0 Å². The summed E-state index contributed by atoms with van der Waals surface area (Å²) in [5.74, 6) is 1.67. The van der Waals surface area contributed by atoms with Gasteiger partial charge in [0, 0.05) is 19.3 Å². The summed E-state index contributed by atoms with van der Waals surface area (Å²) in [6.07, 6.45) is 1.74. The van der Waals surface area contributed by atoms with E-state index in [0.717, 1.165) is 11.6 Å². The van der Waals surface area contributed by atoms with Crippen molar-refractivity contribution in [1.29, 1.82) is 0 Å². The molecule has 1 aliphatic heterocycles. The molecule has 0 spiro atoms. The minimum Gasteiger partial charge on any atom is -0.386 e. The van der Waals surface area contributed by atoms with Crippen LogP contribution in [0.25, 0.3) is 0 Å². The number of rotatable bonds is 1. The van der Waals surface area contributed by atoms with E-state index in [1.165, 1.54) is 0 Å². The van der Waals surface area contributed by atoms with E-state index in [9.17, 15) is 5.11 Å². The Bertz CT molecular complexity index is 316. The summed E-state index contributed by atoms with van der Waals surface area (Å²) >= 11 is 0. The number of hydrogen-bond acceptors (Lipinski definition) is 4. The second-order valence-electron chi connectivity index (χ2n) is 3.82. The van der Waals surface area contributed by atoms with E-state index < -0.39 is 5.60 Å². The third-order valence-corrected chi connectivity index (χ3v) is 2.15. The Labute approximate surface area is 77.2 Å². The molecule has 0 radical (unpaired) electrons. The molecule has 1 N–H and O–H groups in total. The Morgan fingerprint density at radius 2 is 2.23 bits per heavy atom. The summed E-state index contributed by atoms with van der Waals surface area (Å²) in [4.78, 5) is 10.3. The van der Waals surface area contributed by atoms with Crippen molar-refractivity contribution in [3.8, 4) is 0 Å². The van der Waals surface area contributed by atoms with Gasteiger partial charge in [-0.1, -0.05) is 0 Å². The number of nitrogens with zero attached hydrogens (tertiary/aromatic N) is 3. The number of anilines is 1. The molecule has 0 aromatic carbocycles. The smallest absolute Gasteiger partial charge is 0.132 e. The predicted molar refractivity (Wildman–Crippen MR) is 49.6 cm³/mol. The largest absolute Gasteiger partial charge is 0.386 e. The highest BCUT2D eigenvalue weighted by Crippen LogP contribution is 2.24. The zero-order valence-corrected chi connectivity index (χ0v) is 7.86. The third kappa shape index (κ3) is 1.62. The molecule has 1 aliphatic rings. The lowest BCUT2D eigenvalue weighted by Crippen LogP contribution is -2.60. The second-order valence-corrected chi connectivity index (χ2v) is 3.82. The number of aromatic nitrogens is 2. The first-order chi connectivity index (χ1) is 6.07. The standard InChI is InChI=1S/C9H13N3O/c1-7-10-4-3-8(11-7)12-5-9(2,13)6-12/h3-4,13H,5-6H2,1-2H3. The number of hydrogen-bond donors (Lipinski definition) is 1. The maximum Gasteiger partial charge on any atom is 0.132 e. The van der Waals surface area contributed by atoms with E-state index in [0.29, 0.717) is 13.1 Å². The van der Waals surface area contributed by atoms with E-state index >= 15 is 0 Å². The van der Waals surface area contributed by atoms with Gasteiger partial charge in [0.15, 0.2) is 0 Å². The van der Waals surface area contributed by atoms with Crippen molar-refractivity contribution in [2.75, 3.05) is 18.0 Å². The summed E-state index contributed by atoms with van der Waals surface area (Å²) in [6, 6.07) is 1.86. The molecule has 2 rings (SSSR count). The molecule has 4 heteroatoms. The van der Waals surface area contributed by atoms with Crippen molar-refractivity contribution in [3.05, 3.63) is 18.1 Å². The molecule has 0 bridgehead atoms. The number of β-amino-alcohol motifs (C(OH)–C–C–N with tert-alkyl or cyclic N) is 1. The van der Waals surface area contributed by atoms with Gasteiger partial charge in [0.2, 0.25) is 0 Å². The van der Waals surface area contributed by atoms with Gasteiger partial charge >= 0.3 is 0 Å². The van der Waals surface area contributed by atoms with Crippen LogP contribution in [0.2, 0.25) is 0 Å². The van der Waals surface area contributed by atoms with Crippen LogP contribution in [0.15, 0.2) is 12.3 Å². The Balaban J connectivity index is 2.11. The molecule has 70 valence electrons. The van der Waals surface area contributed by atoms with Crippen molar-refractivity contribution in [2.45, 2.75) is 19.4 Å². The maximum atomic E-state index is 9.53. The molecule has 1 aromatic rings. The van der Waals surface area contributed by atoms with Crippen LogP contribution in [-0.2, 0) is 0 Å². The Morgan fingerprint density at radius 3 is 2.77 bits per heavy atom. The van der Waals surface area contributed by atoms with Gasteiger partial charge in [0.25, 0.3) is 0 Å². The van der Waals surface area contributed by atoms with Crippen LogP contribution >= 0.6 is 0 Å². The summed E-state index contributed by atoms with van der Waals surface area (Å²) < 4.78 is 0. The molecule has 2 heterocycles. The predicted octanol–water partition coefficient (Wildman–Crippen LogP) is 0.356. The Kier molecular flexibility index (Phi) is 1.73. The Hall–Kier alpha value is -1.16. The van der Waals surface area contributed by atoms with Crippen molar-refractivity contribution in [2.24, 2.45) is 0 Å². The van der Waals surface area contributed by atoms with Gasteiger partial charge in [0.05, 0.1) is 5.60 Å². The van der Waals surface area contributed by atoms with E-state index in [1.54, 1.807) is 6.20 Å². The van der Waals surface area contributed by atoms with Crippen LogP contribution in [0.3, 0.4) is 0 Å². The topological polar surface area (TPSA) is 49.2 Å². The zero-order valence-electron chi connectivity index (χ0n) is 7.86. The molecule has 0 amide bonds. The number of aryl methyl sites for hydroxylation is 1. The average Bonchev–Trinajstić information content (AvgIpc) is 2.00. The van der Waals surface area contributed by atoms with Crippen molar-refractivity contribution in [1.82, 2.24) is 9.97 Å². The summed E-state index contributed by atoms with van der Waals surface area (Å²) in [5, 5.41) is 9.53. The molecular formula is C9H13N3O. The normalized spacial score (nSPS) is 19.8. The van der Waals surface area contributed by atoms with Gasteiger partial charge in [0.1, 0.15) is 11.6 Å². The first-order valence-corrected chi connectivity index (χ1v) is 4.34. The molecule has 13 heavy (non-hydrogen) atoms. The van der Waals surface area contributed by atoms with Crippen LogP contribution in [0.5, 0.6) is 0 Å². The van der Waals surface area contributed by atoms with Crippen molar-refractivity contribution in [3.63, 3.8) is 0 Å². The fourth-order valence-electron chi connectivity index (χ4n) is 1.56. The van der Waals surface area contributed by atoms with Gasteiger partial charge in [-0.05, 0) is 19.9 Å². The first-order valence-electron chi connectivity index (χ1n) is 4.34. The van der Waals surface area contributed by atoms with Crippen LogP contribution in [0.1, 0.15) is 12.7 Å². The zero-order chi connectivity index (χ0) is 9.47. The molecule has 0 saturated carbocycles. The summed E-state index contributed by atoms with van der Waals surface area (Å²) in [7, 11) is 0. The van der Waals surface area contributed by atoms with E-state index in [1.807, 2.05) is 24.8 Å². The lowest BCUT2D eigenvalue weighted by Gasteiger charge is -2.44. The molecule has 1 aromatic heterocycles. The monoisotopic (exact) mass is 179 g/mol. The fraction of sp³-hybridized carbons (Fsp3) is 0.556. The van der Waals surface area contributed by atoms with Crippen LogP contribution in [0.4, 0.5) is 5.82 Å². The highest BCUT2D eigenvalue weighted by Gasteiger charge is 2.37. The highest BCUT2D eigenvalue weighted by atomic mass is 16.3. The van der Waals surface area contributed by atoms with E-state index in [4.69, 9.17) is 0 Å². The van der Waals surface area contributed by atoms with Crippen LogP contribution in [0, 0.1) is 6.92 Å². The van der Waals surface area contributed by atoms with Crippen molar-refractivity contribution < 1.29 is 5.11 Å². The molecule has 1 fully saturated rings. The van der Waals surface area contributed by atoms with Gasteiger partial charge < -0.3 is 10.0 Å². The van der Waals surface area contributed by atoms with Crippen LogP contribution in [-0.4, -0.2) is 33.8 Å². The van der Waals surface area contributed by atoms with Gasteiger partial charge in [-0.3, -0.25) is 0 Å². The Morgan fingerprint density at radius 1 is 1.54 bits per heavy atom. The minimum absolute atomic E-state index is 0.543. The van der Waals surface area contributed by atoms with Crippen LogP contribution < -0.4 is 4.90 Å². The lowest BCUT2D eigenvalue weighted by atomic mass is 9.97. The molecule has 0 atom stereocenters. The first kappa shape index (κ1) is 8.44. The average molecular weight is 179 g/mol. The number of aliphatic hydroxyl groups is 1. The van der Waals surface area contributed by atoms with E-state index in [-0.39, 0.29) is 0 Å². The minimum atomic E-state index is -0.543. The quantitative estimate of drug-likeness (QED) is 0.676. The molecular weight excluding hydrogens is 166 g/mol. The summed E-state index contributed by atoms with van der Waals surface area (Å²) in [5.41, 5.74) is -0.543. The lowest BCUT2D eigenvalue weighted by molar-refractivity contribution is 0.0305. The highest BCUT2D eigenvalue weighted by molar-refractivity contribution is 5.42. The SMILES string of the molecule is Cc1nccc(N2CC(C)(O)C2)n1. The van der Waals surface area contributed by atoms with Crippen molar-refractivity contribution >= 4 is 5.82 Å². The fourth-order valence-corrected chi connectivity index (χ4v) is 1.56. The van der Waals surface area contributed by atoms with Gasteiger partial charge in [-0.25, -0.2) is 9.97 Å². The van der Waals surface area contributed by atoms with Gasteiger partial charge in [-0.2, -0.15) is 0 Å². The third-order valence-electron chi connectivity index (χ3n) is 2.15. The molecule has 0 aliphatic carbocycles. The van der Waals surface area contributed by atoms with E-state index in [2.05, 4.69) is 9.97 Å². The molecule has 0 unspecified atom stereocenters. The second kappa shape index (κ2) is 2.67. The summed E-state index contributed by atoms with van der Waals surface area (Å²) in [6.45, 7) is 5.01. The molecule has 1 saturated heterocycles. The maximum absolute atomic E-state index is 9.53. The molecule has 4 nitrogen and oxygen atoms in total.